The number of amides is 1. The topological polar surface area (TPSA) is 72.5 Å². The van der Waals surface area contributed by atoms with Crippen molar-refractivity contribution in [1.82, 2.24) is 20.0 Å². The van der Waals surface area contributed by atoms with Crippen LogP contribution in [-0.2, 0) is 22.6 Å². The maximum atomic E-state index is 11.6. The highest BCUT2D eigenvalue weighted by molar-refractivity contribution is 5.77. The maximum Gasteiger partial charge on any atom is 0.246 e. The van der Waals surface area contributed by atoms with Crippen molar-refractivity contribution < 1.29 is 13.9 Å². The van der Waals surface area contributed by atoms with Crippen LogP contribution in [0, 0.1) is 0 Å². The van der Waals surface area contributed by atoms with Crippen molar-refractivity contribution in [3.8, 4) is 0 Å². The minimum Gasteiger partial charge on any atom is -0.472 e. The summed E-state index contributed by atoms with van der Waals surface area (Å²) in [6.45, 7) is 3.11. The number of carbonyl (C=O) groups is 1. The number of ether oxygens (including phenoxy) is 1. The van der Waals surface area contributed by atoms with E-state index in [0.717, 1.165) is 30.9 Å². The van der Waals surface area contributed by atoms with Gasteiger partial charge >= 0.3 is 0 Å². The van der Waals surface area contributed by atoms with Gasteiger partial charge in [-0.3, -0.25) is 14.4 Å². The molecule has 0 fully saturated rings. The van der Waals surface area contributed by atoms with Gasteiger partial charge in [-0.1, -0.05) is 0 Å². The van der Waals surface area contributed by atoms with Crippen molar-refractivity contribution in [3.05, 3.63) is 42.1 Å². The lowest BCUT2D eigenvalue weighted by Crippen LogP contribution is -2.43. The van der Waals surface area contributed by atoms with Crippen LogP contribution in [-0.4, -0.2) is 47.4 Å². The number of rotatable bonds is 6. The van der Waals surface area contributed by atoms with E-state index in [1.54, 1.807) is 18.7 Å². The third-order valence-electron chi connectivity index (χ3n) is 3.75. The summed E-state index contributed by atoms with van der Waals surface area (Å²) in [5.41, 5.74) is 2.30. The molecule has 1 aliphatic heterocycles. The van der Waals surface area contributed by atoms with E-state index in [1.165, 1.54) is 7.11 Å². The predicted molar refractivity (Wildman–Crippen MR) is 79.0 cm³/mol. The molecule has 1 unspecified atom stereocenters. The van der Waals surface area contributed by atoms with Gasteiger partial charge in [0, 0.05) is 45.0 Å². The highest BCUT2D eigenvalue weighted by Crippen LogP contribution is 2.21. The number of methoxy groups -OCH3 is 1. The normalized spacial score (nSPS) is 18.1. The fourth-order valence-electron chi connectivity index (χ4n) is 2.79. The van der Waals surface area contributed by atoms with Crippen LogP contribution < -0.4 is 5.32 Å². The monoisotopic (exact) mass is 304 g/mol. The molecule has 0 radical (unpaired) electrons. The van der Waals surface area contributed by atoms with Gasteiger partial charge in [-0.25, -0.2) is 0 Å². The molecule has 2 aromatic heterocycles. The van der Waals surface area contributed by atoms with Crippen LogP contribution in [0.1, 0.15) is 17.3 Å². The number of fused-ring (bicyclic) bond motifs is 1. The van der Waals surface area contributed by atoms with Gasteiger partial charge in [-0.15, -0.1) is 0 Å². The minimum atomic E-state index is -0.108. The van der Waals surface area contributed by atoms with Gasteiger partial charge in [-0.2, -0.15) is 5.10 Å². The Morgan fingerprint density at radius 3 is 3.23 bits per heavy atom. The Balaban J connectivity index is 1.65. The standard InChI is InChI=1S/C15H20N4O3/c1-21-11-15(20)16-6-14-9-18(7-12-3-5-22-10-12)8-13-2-4-17-19(13)14/h2-5,10,14H,6-9,11H2,1H3,(H,16,20). The first-order valence-electron chi connectivity index (χ1n) is 7.27. The van der Waals surface area contributed by atoms with Crippen molar-refractivity contribution in [2.75, 3.05) is 26.8 Å². The molecule has 0 saturated carbocycles. The molecule has 0 saturated heterocycles. The van der Waals surface area contributed by atoms with Gasteiger partial charge < -0.3 is 14.5 Å². The second kappa shape index (κ2) is 6.76. The average molecular weight is 304 g/mol. The van der Waals surface area contributed by atoms with E-state index in [4.69, 9.17) is 9.15 Å². The van der Waals surface area contributed by atoms with Crippen LogP contribution in [0.3, 0.4) is 0 Å². The molecule has 7 heteroatoms. The van der Waals surface area contributed by atoms with Crippen molar-refractivity contribution in [2.45, 2.75) is 19.1 Å². The Morgan fingerprint density at radius 2 is 2.45 bits per heavy atom. The van der Waals surface area contributed by atoms with E-state index in [0.29, 0.717) is 6.54 Å². The Bertz CT molecular complexity index is 608. The summed E-state index contributed by atoms with van der Waals surface area (Å²) >= 11 is 0. The first-order valence-corrected chi connectivity index (χ1v) is 7.27. The van der Waals surface area contributed by atoms with Crippen molar-refractivity contribution in [3.63, 3.8) is 0 Å². The second-order valence-electron chi connectivity index (χ2n) is 5.46. The molecule has 118 valence electrons. The lowest BCUT2D eigenvalue weighted by molar-refractivity contribution is -0.124. The van der Waals surface area contributed by atoms with Crippen LogP contribution in [0.25, 0.3) is 0 Å². The zero-order chi connectivity index (χ0) is 15.4. The van der Waals surface area contributed by atoms with E-state index in [9.17, 15) is 4.79 Å². The van der Waals surface area contributed by atoms with Gasteiger partial charge in [0.2, 0.25) is 5.91 Å². The largest absolute Gasteiger partial charge is 0.472 e. The molecule has 0 aromatic carbocycles. The molecular formula is C15H20N4O3. The van der Waals surface area contributed by atoms with E-state index in [2.05, 4.69) is 15.3 Å². The predicted octanol–water partition coefficient (Wildman–Crippen LogP) is 0.796. The number of nitrogens with zero attached hydrogens (tertiary/aromatic N) is 3. The second-order valence-corrected chi connectivity index (χ2v) is 5.46. The summed E-state index contributed by atoms with van der Waals surface area (Å²) in [6, 6.07) is 4.11. The van der Waals surface area contributed by atoms with Crippen molar-refractivity contribution >= 4 is 5.91 Å². The lowest BCUT2D eigenvalue weighted by Gasteiger charge is -2.33. The number of furan rings is 1. The van der Waals surface area contributed by atoms with Gasteiger partial charge in [-0.05, 0) is 12.1 Å². The number of aromatic nitrogens is 2. The fourth-order valence-corrected chi connectivity index (χ4v) is 2.79. The average Bonchev–Trinajstić information content (AvgIpc) is 3.16. The molecule has 3 rings (SSSR count). The summed E-state index contributed by atoms with van der Waals surface area (Å²) < 4.78 is 12.0. The van der Waals surface area contributed by atoms with E-state index >= 15 is 0 Å². The van der Waals surface area contributed by atoms with Crippen molar-refractivity contribution in [2.24, 2.45) is 0 Å². The first kappa shape index (κ1) is 14.8. The maximum absolute atomic E-state index is 11.6. The summed E-state index contributed by atoms with van der Waals surface area (Å²) in [7, 11) is 1.51. The van der Waals surface area contributed by atoms with Crippen LogP contribution >= 0.6 is 0 Å². The molecule has 1 N–H and O–H groups in total. The third kappa shape index (κ3) is 3.37. The third-order valence-corrected chi connectivity index (χ3v) is 3.75. The molecule has 1 atom stereocenters. The van der Waals surface area contributed by atoms with Gasteiger partial charge in [0.05, 0.1) is 24.3 Å². The summed E-state index contributed by atoms with van der Waals surface area (Å²) in [5, 5.41) is 7.28. The molecule has 7 nitrogen and oxygen atoms in total. The number of nitrogens with one attached hydrogen (secondary N) is 1. The van der Waals surface area contributed by atoms with Gasteiger partial charge in [0.1, 0.15) is 6.61 Å². The lowest BCUT2D eigenvalue weighted by atomic mass is 10.1. The summed E-state index contributed by atoms with van der Waals surface area (Å²) in [4.78, 5) is 13.9. The Kier molecular flexibility index (Phi) is 4.55. The van der Waals surface area contributed by atoms with Crippen LogP contribution in [0.15, 0.2) is 35.3 Å². The van der Waals surface area contributed by atoms with E-state index in [-0.39, 0.29) is 18.6 Å². The zero-order valence-corrected chi connectivity index (χ0v) is 12.6. The smallest absolute Gasteiger partial charge is 0.246 e. The van der Waals surface area contributed by atoms with Crippen molar-refractivity contribution in [1.29, 1.82) is 0 Å². The Morgan fingerprint density at radius 1 is 1.55 bits per heavy atom. The van der Waals surface area contributed by atoms with E-state index in [1.807, 2.05) is 16.8 Å². The van der Waals surface area contributed by atoms with E-state index < -0.39 is 0 Å². The molecule has 3 heterocycles. The number of hydrogen-bond acceptors (Lipinski definition) is 5. The molecule has 0 spiro atoms. The SMILES string of the molecule is COCC(=O)NCC1CN(Cc2ccoc2)Cc2ccnn21. The summed E-state index contributed by atoms with van der Waals surface area (Å²) in [6.07, 6.45) is 5.26. The van der Waals surface area contributed by atoms with Crippen LogP contribution in [0.5, 0.6) is 0 Å². The Hall–Kier alpha value is -2.12. The Labute approximate surface area is 128 Å². The van der Waals surface area contributed by atoms with Gasteiger partial charge in [0.15, 0.2) is 0 Å². The molecule has 2 aromatic rings. The van der Waals surface area contributed by atoms with Gasteiger partial charge in [0.25, 0.3) is 0 Å². The number of carbonyl (C=O) groups excluding carboxylic acids is 1. The summed E-state index contributed by atoms with van der Waals surface area (Å²) in [5.74, 6) is -0.108. The van der Waals surface area contributed by atoms with Crippen LogP contribution in [0.2, 0.25) is 0 Å². The molecule has 1 aliphatic rings. The highest BCUT2D eigenvalue weighted by atomic mass is 16.5. The molecule has 0 aliphatic carbocycles. The van der Waals surface area contributed by atoms with Crippen LogP contribution in [0.4, 0.5) is 0 Å². The zero-order valence-electron chi connectivity index (χ0n) is 12.6. The quantitative estimate of drug-likeness (QED) is 0.854. The molecule has 0 bridgehead atoms. The molecule has 1 amide bonds. The first-order chi connectivity index (χ1) is 10.8. The molecular weight excluding hydrogens is 284 g/mol. The highest BCUT2D eigenvalue weighted by Gasteiger charge is 2.26. The molecule has 22 heavy (non-hydrogen) atoms. The fraction of sp³-hybridized carbons (Fsp3) is 0.467. The minimum absolute atomic E-state index is 0.0808. The number of hydrogen-bond donors (Lipinski definition) is 1.